The Morgan fingerprint density at radius 1 is 1.37 bits per heavy atom. The van der Waals surface area contributed by atoms with E-state index in [9.17, 15) is 26.0 Å². The number of morpholine rings is 1. The Bertz CT molecular complexity index is 1010. The summed E-state index contributed by atoms with van der Waals surface area (Å²) in [7, 11) is -5.86. The minimum absolute atomic E-state index is 0.0476. The second-order valence-electron chi connectivity index (χ2n) is 5.75. The van der Waals surface area contributed by atoms with Gasteiger partial charge in [0.15, 0.2) is 12.1 Å². The lowest BCUT2D eigenvalue weighted by Gasteiger charge is -2.37. The third-order valence-electron chi connectivity index (χ3n) is 3.80. The highest BCUT2D eigenvalue weighted by atomic mass is 32.2. The highest BCUT2D eigenvalue weighted by Crippen LogP contribution is 2.31. The molecule has 0 N–H and O–H groups in total. The summed E-state index contributed by atoms with van der Waals surface area (Å²) in [5.74, 6) is -0.748. The Balaban J connectivity index is 1.95. The normalized spacial score (nSPS) is 21.4. The molecule has 0 radical (unpaired) electrons. The third kappa shape index (κ3) is 3.55. The predicted molar refractivity (Wildman–Crippen MR) is 82.5 cm³/mol. The van der Waals surface area contributed by atoms with Gasteiger partial charge in [-0.25, -0.2) is 13.1 Å². The van der Waals surface area contributed by atoms with Crippen LogP contribution in [0.3, 0.4) is 0 Å². The molecular weight excluding hydrogens is 396 g/mol. The number of ether oxygens (including phenoxy) is 1. The Morgan fingerprint density at radius 2 is 2.07 bits per heavy atom. The molecule has 0 aliphatic carbocycles. The van der Waals surface area contributed by atoms with Gasteiger partial charge in [-0.05, 0) is 19.1 Å². The second kappa shape index (κ2) is 6.63. The number of hydrogen-bond donors (Lipinski definition) is 0. The monoisotopic (exact) mass is 408 g/mol. The molecule has 0 bridgehead atoms. The van der Waals surface area contributed by atoms with Crippen molar-refractivity contribution in [2.75, 3.05) is 18.0 Å². The van der Waals surface area contributed by atoms with Gasteiger partial charge in [0, 0.05) is 6.54 Å². The van der Waals surface area contributed by atoms with E-state index in [1.165, 1.54) is 24.0 Å². The van der Waals surface area contributed by atoms with Crippen molar-refractivity contribution >= 4 is 21.3 Å². The van der Waals surface area contributed by atoms with Gasteiger partial charge < -0.3 is 9.64 Å². The summed E-state index contributed by atoms with van der Waals surface area (Å²) in [6.07, 6.45) is -1.57. The van der Waals surface area contributed by atoms with Crippen LogP contribution in [0.15, 0.2) is 18.3 Å². The van der Waals surface area contributed by atoms with Gasteiger partial charge in [-0.1, -0.05) is 0 Å². The summed E-state index contributed by atoms with van der Waals surface area (Å²) >= 11 is 0. The number of halogens is 4. The van der Waals surface area contributed by atoms with Crippen molar-refractivity contribution in [3.8, 4) is 6.07 Å². The minimum atomic E-state index is -5.86. The van der Waals surface area contributed by atoms with Gasteiger partial charge in [-0.2, -0.15) is 31.9 Å². The molecule has 0 spiro atoms. The van der Waals surface area contributed by atoms with E-state index in [-0.39, 0.29) is 23.4 Å². The summed E-state index contributed by atoms with van der Waals surface area (Å²) in [5.41, 5.74) is -5.41. The quantitative estimate of drug-likeness (QED) is 0.434. The van der Waals surface area contributed by atoms with Gasteiger partial charge in [0.1, 0.15) is 17.3 Å². The van der Waals surface area contributed by atoms with Gasteiger partial charge in [0.2, 0.25) is 0 Å². The van der Waals surface area contributed by atoms with Crippen LogP contribution in [0, 0.1) is 17.1 Å². The number of hydrogen-bond acceptors (Lipinski definition) is 7. The fraction of sp³-hybridized carbons (Fsp3) is 0.429. The van der Waals surface area contributed by atoms with E-state index in [0.717, 1.165) is 10.7 Å². The van der Waals surface area contributed by atoms with E-state index < -0.39 is 40.4 Å². The van der Waals surface area contributed by atoms with Crippen LogP contribution >= 0.6 is 0 Å². The molecule has 2 atom stereocenters. The first-order valence-electron chi connectivity index (χ1n) is 7.50. The van der Waals surface area contributed by atoms with Gasteiger partial charge in [-0.3, -0.25) is 0 Å². The molecule has 8 nitrogen and oxygen atoms in total. The van der Waals surface area contributed by atoms with E-state index in [4.69, 9.17) is 10.00 Å². The average Bonchev–Trinajstić information content (AvgIpc) is 2.94. The molecule has 27 heavy (non-hydrogen) atoms. The summed E-state index contributed by atoms with van der Waals surface area (Å²) < 4.78 is 84.5. The molecule has 13 heteroatoms. The summed E-state index contributed by atoms with van der Waals surface area (Å²) in [4.78, 5) is 1.41. The first-order chi connectivity index (χ1) is 12.5. The number of pyridine rings is 1. The fourth-order valence-corrected chi connectivity index (χ4v) is 3.24. The van der Waals surface area contributed by atoms with E-state index >= 15 is 0 Å². The molecule has 0 saturated carbocycles. The first-order valence-corrected chi connectivity index (χ1v) is 8.90. The molecule has 1 aliphatic heterocycles. The van der Waals surface area contributed by atoms with Crippen LogP contribution in [0.4, 0.5) is 23.2 Å². The van der Waals surface area contributed by atoms with Gasteiger partial charge in [-0.15, -0.1) is 0 Å². The number of aromatic nitrogens is 2. The minimum Gasteiger partial charge on any atom is -0.362 e. The molecule has 0 aromatic carbocycles. The summed E-state index contributed by atoms with van der Waals surface area (Å²) in [5, 5.41) is 12.8. The van der Waals surface area contributed by atoms with E-state index in [1.807, 2.05) is 6.07 Å². The van der Waals surface area contributed by atoms with Crippen molar-refractivity contribution in [3.05, 3.63) is 29.8 Å². The Morgan fingerprint density at radius 3 is 2.70 bits per heavy atom. The van der Waals surface area contributed by atoms with E-state index in [0.29, 0.717) is 0 Å². The Labute approximate surface area is 150 Å². The number of nitrogens with zero attached hydrogens (tertiary/aromatic N) is 4. The number of alkyl halides is 3. The van der Waals surface area contributed by atoms with Crippen LogP contribution in [0.1, 0.15) is 12.6 Å². The smallest absolute Gasteiger partial charge is 0.362 e. The van der Waals surface area contributed by atoms with Gasteiger partial charge in [0.05, 0.1) is 24.5 Å². The number of rotatable bonds is 3. The van der Waals surface area contributed by atoms with Crippen molar-refractivity contribution in [3.63, 3.8) is 0 Å². The van der Waals surface area contributed by atoms with Gasteiger partial charge in [0.25, 0.3) is 0 Å². The lowest BCUT2D eigenvalue weighted by Crippen LogP contribution is -2.49. The molecule has 0 unspecified atom stereocenters. The molecule has 3 heterocycles. The summed E-state index contributed by atoms with van der Waals surface area (Å²) in [6.45, 7) is 1.21. The maximum absolute atomic E-state index is 14.2. The molecule has 146 valence electrons. The van der Waals surface area contributed by atoms with E-state index in [1.54, 1.807) is 0 Å². The molecule has 1 saturated heterocycles. The number of nitriles is 1. The highest BCUT2D eigenvalue weighted by molar-refractivity contribution is 7.87. The van der Waals surface area contributed by atoms with E-state index in [2.05, 4.69) is 9.28 Å². The second-order valence-corrected chi connectivity index (χ2v) is 7.31. The average molecular weight is 408 g/mol. The zero-order chi connectivity index (χ0) is 20.0. The van der Waals surface area contributed by atoms with Crippen molar-refractivity contribution in [2.24, 2.45) is 0 Å². The summed E-state index contributed by atoms with van der Waals surface area (Å²) in [6, 6.07) is 4.59. The van der Waals surface area contributed by atoms with Crippen LogP contribution in [0.2, 0.25) is 0 Å². The SMILES string of the molecule is C[C@@H]1CN(c2ccc(C#N)n3ncc(F)c23)C[C@@H](OS(=O)(=O)C(F)(F)F)O1. The molecular formula is C14H12F4N4O4S. The van der Waals surface area contributed by atoms with Crippen LogP contribution in [-0.4, -0.2) is 49.0 Å². The predicted octanol–water partition coefficient (Wildman–Crippen LogP) is 1.76. The molecule has 3 rings (SSSR count). The van der Waals surface area contributed by atoms with Crippen molar-refractivity contribution in [1.29, 1.82) is 5.26 Å². The zero-order valence-corrected chi connectivity index (χ0v) is 14.5. The van der Waals surface area contributed by atoms with Crippen LogP contribution in [-0.2, 0) is 19.0 Å². The fourth-order valence-electron chi connectivity index (χ4n) is 2.74. The maximum Gasteiger partial charge on any atom is 0.523 e. The molecule has 2 aromatic rings. The number of anilines is 1. The maximum atomic E-state index is 14.2. The Kier molecular flexibility index (Phi) is 4.74. The standard InChI is InChI=1S/C14H12F4N4O4S/c1-8-6-21(7-12(25-8)26-27(23,24)14(16,17)18)11-3-2-9(4-19)22-13(11)10(15)5-20-22/h2-3,5,8,12H,6-7H2,1H3/t8-,12-/m1/s1. The largest absolute Gasteiger partial charge is 0.523 e. The lowest BCUT2D eigenvalue weighted by atomic mass is 10.2. The van der Waals surface area contributed by atoms with Crippen molar-refractivity contribution in [1.82, 2.24) is 9.61 Å². The lowest BCUT2D eigenvalue weighted by molar-refractivity contribution is -0.133. The zero-order valence-electron chi connectivity index (χ0n) is 13.6. The van der Waals surface area contributed by atoms with Crippen molar-refractivity contribution < 1.29 is 34.9 Å². The highest BCUT2D eigenvalue weighted by Gasteiger charge is 2.49. The topological polar surface area (TPSA) is 96.9 Å². The van der Waals surface area contributed by atoms with Crippen LogP contribution in [0.25, 0.3) is 5.52 Å². The molecule has 1 aliphatic rings. The molecule has 2 aromatic heterocycles. The van der Waals surface area contributed by atoms with Gasteiger partial charge >= 0.3 is 15.6 Å². The Hall–Kier alpha value is -2.43. The first kappa shape index (κ1) is 19.3. The third-order valence-corrected chi connectivity index (χ3v) is 4.83. The van der Waals surface area contributed by atoms with Crippen LogP contribution in [0.5, 0.6) is 0 Å². The number of fused-ring (bicyclic) bond motifs is 1. The molecule has 1 fully saturated rings. The molecule has 0 amide bonds. The van der Waals surface area contributed by atoms with Crippen LogP contribution < -0.4 is 4.90 Å². The van der Waals surface area contributed by atoms with Crippen molar-refractivity contribution in [2.45, 2.75) is 24.8 Å².